The maximum absolute atomic E-state index is 5.98. The Morgan fingerprint density at radius 1 is 1.21 bits per heavy atom. The predicted molar refractivity (Wildman–Crippen MR) is 130 cm³/mol. The van der Waals surface area contributed by atoms with Gasteiger partial charge in [-0.05, 0) is 56.4 Å². The summed E-state index contributed by atoms with van der Waals surface area (Å²) in [4.78, 5) is 6.73. The average molecular weight is 540 g/mol. The lowest BCUT2D eigenvalue weighted by molar-refractivity contribution is 0.00991. The molecule has 1 N–H and O–H groups in total. The molecular formula is C21H35ClIN3O3. The van der Waals surface area contributed by atoms with Crippen LogP contribution in [0.15, 0.2) is 23.2 Å². The Balaban J connectivity index is 0.00000420. The first-order valence-corrected chi connectivity index (χ1v) is 10.5. The molecule has 0 amide bonds. The second-order valence-corrected chi connectivity index (χ2v) is 7.43. The molecule has 6 nitrogen and oxygen atoms in total. The van der Waals surface area contributed by atoms with Crippen LogP contribution in [-0.4, -0.2) is 70.6 Å². The second-order valence-electron chi connectivity index (χ2n) is 6.99. The van der Waals surface area contributed by atoms with Gasteiger partial charge < -0.3 is 24.4 Å². The first-order valence-electron chi connectivity index (χ1n) is 10.1. The number of halogens is 2. The molecule has 2 rings (SSSR count). The lowest BCUT2D eigenvalue weighted by Gasteiger charge is -2.34. The number of guanidine groups is 1. The van der Waals surface area contributed by atoms with Crippen molar-refractivity contribution in [3.63, 3.8) is 0 Å². The molecule has 29 heavy (non-hydrogen) atoms. The molecule has 8 heteroatoms. The molecule has 1 fully saturated rings. The summed E-state index contributed by atoms with van der Waals surface area (Å²) in [5.74, 6) is 1.85. The van der Waals surface area contributed by atoms with E-state index in [1.54, 1.807) is 7.11 Å². The molecule has 0 aromatic heterocycles. The number of nitrogens with one attached hydrogen (secondary N) is 1. The van der Waals surface area contributed by atoms with Crippen molar-refractivity contribution in [2.24, 2.45) is 4.99 Å². The van der Waals surface area contributed by atoms with Crippen molar-refractivity contribution in [3.05, 3.63) is 28.8 Å². The summed E-state index contributed by atoms with van der Waals surface area (Å²) in [6, 6.07) is 5.70. The maximum atomic E-state index is 5.98. The number of benzene rings is 1. The maximum Gasteiger partial charge on any atom is 0.193 e. The van der Waals surface area contributed by atoms with Crippen molar-refractivity contribution in [1.29, 1.82) is 0 Å². The van der Waals surface area contributed by atoms with E-state index < -0.39 is 0 Å². The largest absolute Gasteiger partial charge is 0.493 e. The summed E-state index contributed by atoms with van der Waals surface area (Å²) < 4.78 is 16.8. The Kier molecular flexibility index (Phi) is 13.7. The van der Waals surface area contributed by atoms with Crippen molar-refractivity contribution < 1.29 is 14.2 Å². The van der Waals surface area contributed by atoms with Crippen LogP contribution in [0.3, 0.4) is 0 Å². The molecule has 0 saturated carbocycles. The van der Waals surface area contributed by atoms with Gasteiger partial charge in [-0.25, -0.2) is 0 Å². The summed E-state index contributed by atoms with van der Waals surface area (Å²) in [6.07, 6.45) is 4.28. The fourth-order valence-corrected chi connectivity index (χ4v) is 3.48. The lowest BCUT2D eigenvalue weighted by Crippen LogP contribution is -2.47. The fourth-order valence-electron chi connectivity index (χ4n) is 3.25. The van der Waals surface area contributed by atoms with E-state index in [2.05, 4.69) is 15.2 Å². The number of rotatable bonds is 10. The second kappa shape index (κ2) is 15.1. The molecular weight excluding hydrogens is 505 g/mol. The summed E-state index contributed by atoms with van der Waals surface area (Å²) in [5.41, 5.74) is 1.06. The smallest absolute Gasteiger partial charge is 0.193 e. The fraction of sp³-hybridized carbons (Fsp3) is 0.667. The number of methoxy groups -OCH3 is 1. The molecule has 0 radical (unpaired) electrons. The summed E-state index contributed by atoms with van der Waals surface area (Å²) in [7, 11) is 3.56. The van der Waals surface area contributed by atoms with Gasteiger partial charge in [0.1, 0.15) is 5.75 Å². The van der Waals surface area contributed by atoms with E-state index in [1.807, 2.05) is 32.2 Å². The van der Waals surface area contributed by atoms with Gasteiger partial charge in [0.05, 0.1) is 12.7 Å². The summed E-state index contributed by atoms with van der Waals surface area (Å²) >= 11 is 5.98. The van der Waals surface area contributed by atoms with E-state index in [0.29, 0.717) is 12.7 Å². The number of hydrogen-bond donors (Lipinski definition) is 1. The van der Waals surface area contributed by atoms with Crippen LogP contribution in [0.2, 0.25) is 5.02 Å². The minimum Gasteiger partial charge on any atom is -0.493 e. The molecule has 1 aromatic carbocycles. The highest BCUT2D eigenvalue weighted by atomic mass is 127. The summed E-state index contributed by atoms with van der Waals surface area (Å²) in [6.45, 7) is 6.96. The van der Waals surface area contributed by atoms with E-state index in [1.165, 1.54) is 0 Å². The highest BCUT2D eigenvalue weighted by molar-refractivity contribution is 14.0. The third-order valence-electron chi connectivity index (χ3n) is 4.80. The van der Waals surface area contributed by atoms with Crippen molar-refractivity contribution in [3.8, 4) is 5.75 Å². The minimum absolute atomic E-state index is 0. The molecule has 1 aromatic rings. The number of aliphatic imine (C=N–C) groups is 1. The lowest BCUT2D eigenvalue weighted by atomic mass is 10.1. The first kappa shape index (κ1) is 26.3. The first-order chi connectivity index (χ1) is 13.6. The van der Waals surface area contributed by atoms with Crippen LogP contribution >= 0.6 is 35.6 Å². The van der Waals surface area contributed by atoms with Gasteiger partial charge in [0.2, 0.25) is 0 Å². The third kappa shape index (κ3) is 9.72. The monoisotopic (exact) mass is 539 g/mol. The van der Waals surface area contributed by atoms with E-state index in [9.17, 15) is 0 Å². The molecule has 0 atom stereocenters. The molecule has 0 unspecified atom stereocenters. The molecule has 1 heterocycles. The van der Waals surface area contributed by atoms with Crippen molar-refractivity contribution in [1.82, 2.24) is 10.2 Å². The number of aryl methyl sites for hydroxylation is 1. The quantitative estimate of drug-likeness (QED) is 0.210. The third-order valence-corrected chi connectivity index (χ3v) is 5.03. The zero-order chi connectivity index (χ0) is 20.2. The Labute approximate surface area is 197 Å². The van der Waals surface area contributed by atoms with Gasteiger partial charge in [0.25, 0.3) is 0 Å². The Bertz CT molecular complexity index is 611. The van der Waals surface area contributed by atoms with Gasteiger partial charge in [-0.3, -0.25) is 4.99 Å². The number of ether oxygens (including phenoxy) is 3. The van der Waals surface area contributed by atoms with Gasteiger partial charge in [0.15, 0.2) is 5.96 Å². The van der Waals surface area contributed by atoms with Gasteiger partial charge in [-0.15, -0.1) is 24.0 Å². The van der Waals surface area contributed by atoms with Crippen LogP contribution < -0.4 is 10.1 Å². The highest BCUT2D eigenvalue weighted by Gasteiger charge is 2.21. The molecule has 0 bridgehead atoms. The minimum atomic E-state index is 0. The number of piperidine rings is 1. The van der Waals surface area contributed by atoms with E-state index in [-0.39, 0.29) is 24.0 Å². The Morgan fingerprint density at radius 2 is 1.97 bits per heavy atom. The van der Waals surface area contributed by atoms with Crippen LogP contribution in [0.25, 0.3) is 0 Å². The zero-order valence-corrected chi connectivity index (χ0v) is 20.9. The average Bonchev–Trinajstić information content (AvgIpc) is 2.70. The Morgan fingerprint density at radius 3 is 2.62 bits per heavy atom. The predicted octanol–water partition coefficient (Wildman–Crippen LogP) is 4.13. The SMILES string of the molecule is CN=C(NCCCOc1ccc(Cl)cc1C)N1CCC(OCCCOC)CC1.I. The van der Waals surface area contributed by atoms with E-state index >= 15 is 0 Å². The molecule has 166 valence electrons. The van der Waals surface area contributed by atoms with Crippen LogP contribution in [0.4, 0.5) is 0 Å². The van der Waals surface area contributed by atoms with Crippen molar-refractivity contribution >= 4 is 41.5 Å². The molecule has 0 aliphatic carbocycles. The van der Waals surface area contributed by atoms with E-state index in [4.69, 9.17) is 25.8 Å². The van der Waals surface area contributed by atoms with Crippen LogP contribution in [0.5, 0.6) is 5.75 Å². The summed E-state index contributed by atoms with van der Waals surface area (Å²) in [5, 5.41) is 4.18. The van der Waals surface area contributed by atoms with Gasteiger partial charge >= 0.3 is 0 Å². The zero-order valence-electron chi connectivity index (χ0n) is 17.8. The van der Waals surface area contributed by atoms with E-state index in [0.717, 1.165) is 80.8 Å². The highest BCUT2D eigenvalue weighted by Crippen LogP contribution is 2.21. The van der Waals surface area contributed by atoms with Gasteiger partial charge in [-0.2, -0.15) is 0 Å². The van der Waals surface area contributed by atoms with Crippen LogP contribution in [-0.2, 0) is 9.47 Å². The molecule has 1 aliphatic rings. The van der Waals surface area contributed by atoms with Crippen molar-refractivity contribution in [2.75, 3.05) is 53.6 Å². The number of hydrogen-bond acceptors (Lipinski definition) is 4. The van der Waals surface area contributed by atoms with Crippen molar-refractivity contribution in [2.45, 2.75) is 38.7 Å². The van der Waals surface area contributed by atoms with Crippen LogP contribution in [0.1, 0.15) is 31.2 Å². The van der Waals surface area contributed by atoms with Crippen LogP contribution in [0, 0.1) is 6.92 Å². The number of likely N-dealkylation sites (tertiary alicyclic amines) is 1. The Hall–Kier alpha value is -0.770. The van der Waals surface area contributed by atoms with Gasteiger partial charge in [-0.1, -0.05) is 11.6 Å². The topological polar surface area (TPSA) is 55.3 Å². The molecule has 0 spiro atoms. The standard InChI is InChI=1S/C21H34ClN3O3.HI/c1-17-16-18(22)6-7-20(17)28-14-4-10-24-21(23-2)25-11-8-19(9-12-25)27-15-5-13-26-3;/h6-7,16,19H,4-5,8-15H2,1-3H3,(H,23,24);1H. The molecule has 1 saturated heterocycles. The molecule has 1 aliphatic heterocycles. The number of nitrogens with zero attached hydrogens (tertiary/aromatic N) is 2. The van der Waals surface area contributed by atoms with Gasteiger partial charge in [0, 0.05) is 52.0 Å². The normalized spacial score (nSPS) is 15.2.